The maximum absolute atomic E-state index is 12.1. The molecule has 5 nitrogen and oxygen atoms in total. The molecule has 1 atom stereocenters. The van der Waals surface area contributed by atoms with E-state index in [4.69, 9.17) is 18.9 Å². The van der Waals surface area contributed by atoms with E-state index < -0.39 is 11.6 Å². The van der Waals surface area contributed by atoms with E-state index >= 15 is 0 Å². The van der Waals surface area contributed by atoms with Gasteiger partial charge in [-0.2, -0.15) is 0 Å². The van der Waals surface area contributed by atoms with Crippen LogP contribution in [-0.4, -0.2) is 44.7 Å². The highest BCUT2D eigenvalue weighted by molar-refractivity contribution is 7.19. The number of esters is 1. The van der Waals surface area contributed by atoms with E-state index in [-0.39, 0.29) is 11.9 Å². The summed E-state index contributed by atoms with van der Waals surface area (Å²) in [6.45, 7) is 10.3. The predicted molar refractivity (Wildman–Crippen MR) is 99.2 cm³/mol. The van der Waals surface area contributed by atoms with Gasteiger partial charge in [0, 0.05) is 12.3 Å². The molecule has 0 amide bonds. The number of methoxy groups -OCH3 is 1. The third-order valence-electron chi connectivity index (χ3n) is 3.87. The second kappa shape index (κ2) is 8.84. The summed E-state index contributed by atoms with van der Waals surface area (Å²) in [6, 6.07) is 5.22. The van der Waals surface area contributed by atoms with Crippen LogP contribution < -0.4 is 10.2 Å². The number of hydrogen-bond donors (Lipinski definition) is 0. The van der Waals surface area contributed by atoms with Crippen molar-refractivity contribution in [1.82, 2.24) is 0 Å². The van der Waals surface area contributed by atoms with Gasteiger partial charge in [-0.05, 0) is 32.9 Å². The standard InChI is InChI=1S/C17H27BO5P/c1-7-21-15(19)13-10-12(8-9-14(13)22-11-20-6)18-23-16(2,3)17(4,5)24/h8-10H,7,11,24H2,1-6H3. The number of carbonyl (C=O) groups excluding carboxylic acids is 1. The largest absolute Gasteiger partial charge is 0.467 e. The van der Waals surface area contributed by atoms with Gasteiger partial charge >= 0.3 is 13.5 Å². The van der Waals surface area contributed by atoms with Crippen LogP contribution in [0.25, 0.3) is 0 Å². The van der Waals surface area contributed by atoms with E-state index in [2.05, 4.69) is 23.1 Å². The third-order valence-corrected chi connectivity index (χ3v) is 4.57. The lowest BCUT2D eigenvalue weighted by Crippen LogP contribution is -2.45. The third kappa shape index (κ3) is 5.76. The van der Waals surface area contributed by atoms with Crippen molar-refractivity contribution in [2.45, 2.75) is 45.4 Å². The molecule has 0 fully saturated rings. The summed E-state index contributed by atoms with van der Waals surface area (Å²) < 4.78 is 21.3. The summed E-state index contributed by atoms with van der Waals surface area (Å²) in [5.41, 5.74) is 0.701. The SMILES string of the molecule is CCOC(=O)c1cc([B]OC(C)(C)C(C)(C)P)ccc1OCOC. The molecule has 133 valence electrons. The lowest BCUT2D eigenvalue weighted by atomic mass is 9.83. The van der Waals surface area contributed by atoms with Crippen molar-refractivity contribution < 1.29 is 23.7 Å². The van der Waals surface area contributed by atoms with Crippen LogP contribution in [0.5, 0.6) is 5.75 Å². The Kier molecular flexibility index (Phi) is 7.72. The molecule has 1 aromatic rings. The molecule has 1 aromatic carbocycles. The first-order chi connectivity index (χ1) is 11.1. The Morgan fingerprint density at radius 1 is 1.25 bits per heavy atom. The van der Waals surface area contributed by atoms with Gasteiger partial charge in [-0.15, -0.1) is 9.24 Å². The fourth-order valence-electron chi connectivity index (χ4n) is 1.60. The number of rotatable bonds is 9. The minimum absolute atomic E-state index is 0.0558. The zero-order valence-electron chi connectivity index (χ0n) is 15.3. The summed E-state index contributed by atoms with van der Waals surface area (Å²) in [5.74, 6) is -0.0254. The van der Waals surface area contributed by atoms with Crippen LogP contribution in [0.15, 0.2) is 18.2 Å². The van der Waals surface area contributed by atoms with Crippen LogP contribution in [0, 0.1) is 0 Å². The molecular weight excluding hydrogens is 326 g/mol. The Bertz CT molecular complexity index is 554. The molecule has 0 saturated heterocycles. The van der Waals surface area contributed by atoms with Crippen molar-refractivity contribution in [3.8, 4) is 5.75 Å². The quantitative estimate of drug-likeness (QED) is 0.296. The highest BCUT2D eigenvalue weighted by Crippen LogP contribution is 2.33. The first-order valence-electron chi connectivity index (χ1n) is 7.85. The van der Waals surface area contributed by atoms with Crippen molar-refractivity contribution in [1.29, 1.82) is 0 Å². The van der Waals surface area contributed by atoms with Gasteiger partial charge in [-0.25, -0.2) is 4.79 Å². The van der Waals surface area contributed by atoms with E-state index in [0.717, 1.165) is 5.46 Å². The Morgan fingerprint density at radius 3 is 2.46 bits per heavy atom. The number of carbonyl (C=O) groups is 1. The zero-order valence-corrected chi connectivity index (χ0v) is 16.5. The average Bonchev–Trinajstić information content (AvgIpc) is 2.50. The fraction of sp³-hybridized carbons (Fsp3) is 0.588. The fourth-order valence-corrected chi connectivity index (χ4v) is 1.67. The van der Waals surface area contributed by atoms with Gasteiger partial charge < -0.3 is 18.9 Å². The molecule has 0 aromatic heterocycles. The van der Waals surface area contributed by atoms with E-state index in [0.29, 0.717) is 17.9 Å². The van der Waals surface area contributed by atoms with Gasteiger partial charge in [-0.3, -0.25) is 0 Å². The Labute approximate surface area is 147 Å². The lowest BCUT2D eigenvalue weighted by Gasteiger charge is -2.39. The van der Waals surface area contributed by atoms with Crippen molar-refractivity contribution in [3.05, 3.63) is 23.8 Å². The lowest BCUT2D eigenvalue weighted by molar-refractivity contribution is 0.0438. The van der Waals surface area contributed by atoms with Crippen molar-refractivity contribution in [2.24, 2.45) is 0 Å². The molecule has 7 heteroatoms. The van der Waals surface area contributed by atoms with Crippen molar-refractivity contribution in [3.63, 3.8) is 0 Å². The molecule has 1 unspecified atom stereocenters. The monoisotopic (exact) mass is 353 g/mol. The number of ether oxygens (including phenoxy) is 3. The van der Waals surface area contributed by atoms with Crippen LogP contribution >= 0.6 is 9.24 Å². The van der Waals surface area contributed by atoms with E-state index in [1.807, 2.05) is 19.9 Å². The van der Waals surface area contributed by atoms with Crippen molar-refractivity contribution in [2.75, 3.05) is 20.5 Å². The van der Waals surface area contributed by atoms with E-state index in [9.17, 15) is 4.79 Å². The average molecular weight is 353 g/mol. The molecule has 0 bridgehead atoms. The summed E-state index contributed by atoms with van der Waals surface area (Å²) in [5, 5.41) is -0.116. The molecule has 24 heavy (non-hydrogen) atoms. The first kappa shape index (κ1) is 20.9. The van der Waals surface area contributed by atoms with Crippen LogP contribution in [0.3, 0.4) is 0 Å². The smallest absolute Gasteiger partial charge is 0.341 e. The van der Waals surface area contributed by atoms with Crippen LogP contribution in [-0.2, 0) is 14.1 Å². The molecule has 0 spiro atoms. The zero-order chi connectivity index (χ0) is 18.4. The minimum Gasteiger partial charge on any atom is -0.467 e. The first-order valence-corrected chi connectivity index (χ1v) is 8.43. The Hall–Kier alpha value is -1.10. The van der Waals surface area contributed by atoms with Crippen LogP contribution in [0.2, 0.25) is 0 Å². The topological polar surface area (TPSA) is 54.0 Å². The summed E-state index contributed by atoms with van der Waals surface area (Å²) in [6.07, 6.45) is 0. The highest BCUT2D eigenvalue weighted by Gasteiger charge is 2.33. The molecule has 0 aliphatic carbocycles. The molecule has 0 aliphatic rings. The van der Waals surface area contributed by atoms with Crippen molar-refractivity contribution >= 4 is 28.2 Å². The number of benzene rings is 1. The van der Waals surface area contributed by atoms with Gasteiger partial charge in [0.25, 0.3) is 0 Å². The second-order valence-corrected chi connectivity index (χ2v) is 7.94. The minimum atomic E-state index is -0.440. The Balaban J connectivity index is 2.97. The highest BCUT2D eigenvalue weighted by atomic mass is 31.0. The molecule has 0 aliphatic heterocycles. The van der Waals surface area contributed by atoms with Gasteiger partial charge in [0.1, 0.15) is 11.3 Å². The van der Waals surface area contributed by atoms with E-state index in [1.54, 1.807) is 26.5 Å². The molecule has 0 heterocycles. The molecule has 0 saturated carbocycles. The normalized spacial score (nSPS) is 12.0. The predicted octanol–water partition coefficient (Wildman–Crippen LogP) is 2.54. The summed E-state index contributed by atoms with van der Waals surface area (Å²) in [4.78, 5) is 12.1. The van der Waals surface area contributed by atoms with E-state index in [1.165, 1.54) is 7.11 Å². The van der Waals surface area contributed by atoms with Crippen LogP contribution in [0.4, 0.5) is 0 Å². The van der Waals surface area contributed by atoms with Gasteiger partial charge in [0.05, 0.1) is 12.2 Å². The molecular formula is C17H27BO5P. The van der Waals surface area contributed by atoms with Gasteiger partial charge in [0.15, 0.2) is 6.79 Å². The molecule has 1 rings (SSSR count). The number of hydrogen-bond acceptors (Lipinski definition) is 5. The van der Waals surface area contributed by atoms with Gasteiger partial charge in [-0.1, -0.05) is 25.4 Å². The summed E-state index contributed by atoms with van der Waals surface area (Å²) >= 11 is 0. The van der Waals surface area contributed by atoms with Gasteiger partial charge in [0.2, 0.25) is 0 Å². The molecule has 1 radical (unpaired) electrons. The second-order valence-electron chi connectivity index (χ2n) is 6.49. The molecule has 0 N–H and O–H groups in total. The maximum Gasteiger partial charge on any atom is 0.341 e. The summed E-state index contributed by atoms with van der Waals surface area (Å²) in [7, 11) is 5.95. The maximum atomic E-state index is 12.1. The Morgan fingerprint density at radius 2 is 1.92 bits per heavy atom. The van der Waals surface area contributed by atoms with Crippen LogP contribution in [0.1, 0.15) is 45.0 Å².